The number of unbranched alkanes of at least 4 members (excludes halogenated alkanes) is 2. The number of hydrogen-bond acceptors (Lipinski definition) is 5. The molecule has 0 bridgehead atoms. The van der Waals surface area contributed by atoms with Crippen LogP contribution in [0.15, 0.2) is 47.5 Å². The van der Waals surface area contributed by atoms with Gasteiger partial charge in [-0.25, -0.2) is 0 Å². The third-order valence-corrected chi connectivity index (χ3v) is 5.92. The van der Waals surface area contributed by atoms with Crippen molar-refractivity contribution in [3.05, 3.63) is 48.2 Å². The Balaban J connectivity index is 2.05. The molecule has 31 heavy (non-hydrogen) atoms. The fourth-order valence-corrected chi connectivity index (χ4v) is 4.20. The molecule has 0 saturated carbocycles. The first-order valence-electron chi connectivity index (χ1n) is 11.2. The Morgan fingerprint density at radius 2 is 1.74 bits per heavy atom. The van der Waals surface area contributed by atoms with E-state index in [2.05, 4.69) is 54.9 Å². The predicted molar refractivity (Wildman–Crippen MR) is 133 cm³/mol. The first-order valence-corrected chi connectivity index (χ1v) is 12.0. The van der Waals surface area contributed by atoms with Gasteiger partial charge < -0.3 is 24.1 Å². The van der Waals surface area contributed by atoms with Crippen LogP contribution in [0.5, 0.6) is 11.5 Å². The Morgan fingerprint density at radius 3 is 2.39 bits per heavy atom. The molecule has 6 heteroatoms. The molecule has 1 aromatic heterocycles. The Morgan fingerprint density at radius 1 is 1.00 bits per heavy atom. The fraction of sp³-hybridized carbons (Fsp3) is 0.440. The molecule has 3 rings (SSSR count). The second kappa shape index (κ2) is 11.5. The third-order valence-electron chi connectivity index (χ3n) is 5.41. The van der Waals surface area contributed by atoms with E-state index in [4.69, 9.17) is 4.74 Å². The Hall–Kier alpha value is -2.15. The second-order valence-electron chi connectivity index (χ2n) is 8.25. The van der Waals surface area contributed by atoms with Crippen molar-refractivity contribution >= 4 is 28.6 Å². The van der Waals surface area contributed by atoms with Crippen LogP contribution in [0.4, 0.5) is 5.69 Å². The Bertz CT molecular complexity index is 963. The summed E-state index contributed by atoms with van der Waals surface area (Å²) in [5.41, 5.74) is 3.44. The summed E-state index contributed by atoms with van der Waals surface area (Å²) in [5.74, 6) is 1.48. The molecule has 0 radical (unpaired) electrons. The number of benzene rings is 2. The number of fused-ring (bicyclic) bond motifs is 1. The summed E-state index contributed by atoms with van der Waals surface area (Å²) in [5, 5.41) is 1.03. The highest BCUT2D eigenvalue weighted by Crippen LogP contribution is 2.40. The molecule has 0 atom stereocenters. The van der Waals surface area contributed by atoms with Crippen molar-refractivity contribution < 1.29 is 9.29 Å². The first kappa shape index (κ1) is 23.5. The van der Waals surface area contributed by atoms with Gasteiger partial charge in [0.15, 0.2) is 0 Å². The van der Waals surface area contributed by atoms with Crippen LogP contribution in [0.2, 0.25) is 0 Å². The van der Waals surface area contributed by atoms with Crippen LogP contribution in [-0.2, 0) is 6.54 Å². The minimum Gasteiger partial charge on any atom is -0.455 e. The minimum absolute atomic E-state index is 0.691. The van der Waals surface area contributed by atoms with Gasteiger partial charge in [0.05, 0.1) is 4.90 Å². The standard InChI is InChI=1S/C25H35N3O2S/c1-5-7-14-28(15-8-6-2)22-17-24(25(31-29)16-19(22)18-27(3)4)30-23-11-9-10-21-20(23)12-13-26-21/h9-13,16-17,26,29H,5-8,14-15,18H2,1-4H3. The maximum Gasteiger partial charge on any atom is 0.145 e. The topological polar surface area (TPSA) is 51.7 Å². The molecule has 0 fully saturated rings. The van der Waals surface area contributed by atoms with Crippen LogP contribution in [0.3, 0.4) is 0 Å². The summed E-state index contributed by atoms with van der Waals surface area (Å²) >= 11 is 0.750. The van der Waals surface area contributed by atoms with Crippen LogP contribution in [0, 0.1) is 0 Å². The number of hydrogen-bond donors (Lipinski definition) is 2. The monoisotopic (exact) mass is 441 g/mol. The smallest absolute Gasteiger partial charge is 0.145 e. The van der Waals surface area contributed by atoms with Gasteiger partial charge in [-0.1, -0.05) is 32.8 Å². The summed E-state index contributed by atoms with van der Waals surface area (Å²) in [6, 6.07) is 12.2. The zero-order valence-corrected chi connectivity index (χ0v) is 20.0. The molecule has 2 N–H and O–H groups in total. The summed E-state index contributed by atoms with van der Waals surface area (Å²) in [4.78, 5) is 8.63. The number of nitrogens with zero attached hydrogens (tertiary/aromatic N) is 2. The molecule has 5 nitrogen and oxygen atoms in total. The number of ether oxygens (including phenoxy) is 1. The average molecular weight is 442 g/mol. The summed E-state index contributed by atoms with van der Waals surface area (Å²) < 4.78 is 16.4. The molecule has 3 aromatic rings. The summed E-state index contributed by atoms with van der Waals surface area (Å²) in [7, 11) is 4.16. The predicted octanol–water partition coefficient (Wildman–Crippen LogP) is 6.99. The van der Waals surface area contributed by atoms with Crippen molar-refractivity contribution in [3.8, 4) is 11.5 Å². The van der Waals surface area contributed by atoms with Crippen molar-refractivity contribution in [2.24, 2.45) is 0 Å². The van der Waals surface area contributed by atoms with Gasteiger partial charge in [0, 0.05) is 60.5 Å². The van der Waals surface area contributed by atoms with Gasteiger partial charge >= 0.3 is 0 Å². The maximum atomic E-state index is 10.0. The van der Waals surface area contributed by atoms with Gasteiger partial charge in [0.1, 0.15) is 11.5 Å². The van der Waals surface area contributed by atoms with E-state index in [1.165, 1.54) is 11.3 Å². The van der Waals surface area contributed by atoms with Crippen molar-refractivity contribution in [1.82, 2.24) is 9.88 Å². The van der Waals surface area contributed by atoms with Gasteiger partial charge in [0.25, 0.3) is 0 Å². The van der Waals surface area contributed by atoms with E-state index in [0.717, 1.165) is 78.9 Å². The molecule has 0 aliphatic heterocycles. The van der Waals surface area contributed by atoms with Gasteiger partial charge in [-0.05, 0) is 56.8 Å². The summed E-state index contributed by atoms with van der Waals surface area (Å²) in [6.07, 6.45) is 6.55. The van der Waals surface area contributed by atoms with Gasteiger partial charge in [-0.15, -0.1) is 0 Å². The largest absolute Gasteiger partial charge is 0.455 e. The molecule has 0 unspecified atom stereocenters. The van der Waals surface area contributed by atoms with Gasteiger partial charge in [0.2, 0.25) is 0 Å². The van der Waals surface area contributed by atoms with E-state index in [1.807, 2.05) is 30.5 Å². The second-order valence-corrected chi connectivity index (χ2v) is 8.87. The van der Waals surface area contributed by atoms with Crippen molar-refractivity contribution in [2.75, 3.05) is 32.1 Å². The number of H-pyrrole nitrogens is 1. The molecule has 0 amide bonds. The van der Waals surface area contributed by atoms with Crippen LogP contribution < -0.4 is 9.64 Å². The zero-order chi connectivity index (χ0) is 22.2. The molecular weight excluding hydrogens is 406 g/mol. The number of aromatic nitrogens is 1. The van der Waals surface area contributed by atoms with E-state index in [0.29, 0.717) is 5.75 Å². The van der Waals surface area contributed by atoms with E-state index in [-0.39, 0.29) is 0 Å². The van der Waals surface area contributed by atoms with Crippen LogP contribution in [-0.4, -0.2) is 41.6 Å². The number of rotatable bonds is 12. The van der Waals surface area contributed by atoms with Crippen molar-refractivity contribution in [1.29, 1.82) is 0 Å². The van der Waals surface area contributed by atoms with E-state index >= 15 is 0 Å². The van der Waals surface area contributed by atoms with Crippen molar-refractivity contribution in [2.45, 2.75) is 51.0 Å². The zero-order valence-electron chi connectivity index (χ0n) is 19.1. The van der Waals surface area contributed by atoms with Gasteiger partial charge in [-0.3, -0.25) is 0 Å². The number of aromatic amines is 1. The first-order chi connectivity index (χ1) is 15.1. The lowest BCUT2D eigenvalue weighted by Gasteiger charge is -2.29. The minimum atomic E-state index is 0.691. The Kier molecular flexibility index (Phi) is 8.69. The van der Waals surface area contributed by atoms with Crippen LogP contribution in [0.1, 0.15) is 45.1 Å². The molecule has 0 aliphatic rings. The fourth-order valence-electron chi connectivity index (χ4n) is 3.82. The van der Waals surface area contributed by atoms with Crippen LogP contribution in [0.25, 0.3) is 10.9 Å². The highest BCUT2D eigenvalue weighted by atomic mass is 32.2. The molecular formula is C25H35N3O2S. The van der Waals surface area contributed by atoms with Crippen molar-refractivity contribution in [3.63, 3.8) is 0 Å². The molecule has 1 heterocycles. The Labute approximate surface area is 190 Å². The highest BCUT2D eigenvalue weighted by molar-refractivity contribution is 7.93. The lowest BCUT2D eigenvalue weighted by molar-refractivity contribution is 0.401. The van der Waals surface area contributed by atoms with Crippen LogP contribution >= 0.6 is 12.0 Å². The maximum absolute atomic E-state index is 10.0. The van der Waals surface area contributed by atoms with Gasteiger partial charge in [-0.2, -0.15) is 0 Å². The summed E-state index contributed by atoms with van der Waals surface area (Å²) in [6.45, 7) is 7.32. The SMILES string of the molecule is CCCCN(CCCC)c1cc(Oc2cccc3[nH]ccc23)c(SO)cc1CN(C)C. The van der Waals surface area contributed by atoms with E-state index < -0.39 is 0 Å². The molecule has 0 aliphatic carbocycles. The molecule has 2 aromatic carbocycles. The van der Waals surface area contributed by atoms with E-state index in [1.54, 1.807) is 0 Å². The number of nitrogens with one attached hydrogen (secondary N) is 1. The van der Waals surface area contributed by atoms with E-state index in [9.17, 15) is 4.55 Å². The molecule has 168 valence electrons. The molecule has 0 saturated heterocycles. The average Bonchev–Trinajstić information content (AvgIpc) is 3.24. The normalized spacial score (nSPS) is 11.4. The quantitative estimate of drug-likeness (QED) is 0.297. The highest BCUT2D eigenvalue weighted by Gasteiger charge is 2.18. The third kappa shape index (κ3) is 5.97. The lowest BCUT2D eigenvalue weighted by Crippen LogP contribution is -2.27. The molecule has 0 spiro atoms. The lowest BCUT2D eigenvalue weighted by atomic mass is 10.1. The number of anilines is 1.